The van der Waals surface area contributed by atoms with Crippen LogP contribution in [0.5, 0.6) is 0 Å². The normalized spacial score (nSPS) is 14.0. The highest BCUT2D eigenvalue weighted by Crippen LogP contribution is 2.23. The monoisotopic (exact) mass is 757 g/mol. The Labute approximate surface area is 286 Å². The Hall–Kier alpha value is -3.23. The van der Waals surface area contributed by atoms with Crippen molar-refractivity contribution in [3.8, 4) is 0 Å². The van der Waals surface area contributed by atoms with Crippen LogP contribution in [0.3, 0.4) is 0 Å². The summed E-state index contributed by atoms with van der Waals surface area (Å²) in [5.41, 5.74) is -7.70. The Morgan fingerprint density at radius 3 is 1.22 bits per heavy atom. The predicted molar refractivity (Wildman–Crippen MR) is 185 cm³/mol. The summed E-state index contributed by atoms with van der Waals surface area (Å²) in [5, 5.41) is 13.4. The summed E-state index contributed by atoms with van der Waals surface area (Å²) in [4.78, 5) is 79.1. The Morgan fingerprint density at radius 1 is 0.565 bits per heavy atom. The van der Waals surface area contributed by atoms with Crippen molar-refractivity contribution in [2.45, 2.75) is 130 Å². The molecule has 0 saturated carbocycles. The maximum Gasteiger partial charge on any atom is 0.332 e. The number of nitrogens with one attached hydrogen (secondary N) is 5. The Morgan fingerprint density at radius 2 is 0.891 bits per heavy atom. The number of esters is 1. The molecule has 0 aliphatic rings. The fraction of sp³-hybridized carbons (Fsp3) is 0.636. The van der Waals surface area contributed by atoms with E-state index in [1.165, 1.54) is 55.4 Å². The molecule has 5 N–H and O–H groups in total. The summed E-state index contributed by atoms with van der Waals surface area (Å²) in [6, 6.07) is 6.83. The van der Waals surface area contributed by atoms with Crippen molar-refractivity contribution in [1.29, 1.82) is 0 Å². The van der Waals surface area contributed by atoms with Crippen molar-refractivity contribution in [2.75, 3.05) is 0 Å². The van der Waals surface area contributed by atoms with Gasteiger partial charge < -0.3 is 31.3 Å². The van der Waals surface area contributed by atoms with Gasteiger partial charge in [0.1, 0.15) is 33.3 Å². The lowest BCUT2D eigenvalue weighted by atomic mass is 9.86. The van der Waals surface area contributed by atoms with Crippen molar-refractivity contribution in [2.24, 2.45) is 5.92 Å². The molecule has 1 aromatic carbocycles. The molecule has 1 aromatic rings. The molecule has 0 bridgehead atoms. The summed E-state index contributed by atoms with van der Waals surface area (Å²) in [6.45, 7) is 22.1. The first-order valence-corrected chi connectivity index (χ1v) is 16.2. The standard InChI is InChI=1S/C33H52IN5O7/c1-19(2)33(14,27(45)46-28(3,4)5)39-26(44)32(12,13)38-25(43)31(10,11)37-24(42)30(8,9)36-23(41)29(6,7)35-22(40)20-15-17-21(34)18-16-20/h15-19H,1-14H3,(H,35,40)(H,36,41)(H,37,42)(H,38,43)(H,39,44)/t33-/m0/s1. The van der Waals surface area contributed by atoms with Crippen LogP contribution in [0, 0.1) is 9.49 Å². The number of amides is 5. The molecule has 0 spiro atoms. The predicted octanol–water partition coefficient (Wildman–Crippen LogP) is 3.36. The van der Waals surface area contributed by atoms with Gasteiger partial charge in [-0.3, -0.25) is 24.0 Å². The summed E-state index contributed by atoms with van der Waals surface area (Å²) >= 11 is 2.12. The maximum absolute atomic E-state index is 13.4. The third-order valence-corrected chi connectivity index (χ3v) is 8.15. The first-order valence-electron chi connectivity index (χ1n) is 15.1. The van der Waals surface area contributed by atoms with E-state index < -0.39 is 68.8 Å². The van der Waals surface area contributed by atoms with E-state index in [0.29, 0.717) is 5.56 Å². The van der Waals surface area contributed by atoms with E-state index in [4.69, 9.17) is 4.74 Å². The van der Waals surface area contributed by atoms with E-state index >= 15 is 0 Å². The van der Waals surface area contributed by atoms with E-state index in [0.717, 1.165) is 3.57 Å². The molecule has 12 nitrogen and oxygen atoms in total. The van der Waals surface area contributed by atoms with E-state index in [1.54, 1.807) is 65.8 Å². The fourth-order valence-corrected chi connectivity index (χ4v) is 4.07. The molecule has 13 heteroatoms. The second-order valence-corrected chi connectivity index (χ2v) is 16.4. The van der Waals surface area contributed by atoms with Crippen molar-refractivity contribution >= 4 is 58.1 Å². The molecule has 258 valence electrons. The zero-order chi connectivity index (χ0) is 36.3. The minimum Gasteiger partial charge on any atom is -0.458 e. The number of carbonyl (C=O) groups excluding carboxylic acids is 6. The van der Waals surface area contributed by atoms with Crippen molar-refractivity contribution < 1.29 is 33.5 Å². The molecule has 0 aliphatic carbocycles. The van der Waals surface area contributed by atoms with Crippen LogP contribution in [0.4, 0.5) is 0 Å². The molecule has 0 heterocycles. The van der Waals surface area contributed by atoms with Crippen LogP contribution in [-0.2, 0) is 28.7 Å². The zero-order valence-electron chi connectivity index (χ0n) is 29.6. The lowest BCUT2D eigenvalue weighted by molar-refractivity contribution is -0.166. The number of halogens is 1. The van der Waals surface area contributed by atoms with E-state index in [2.05, 4.69) is 49.2 Å². The van der Waals surface area contributed by atoms with Crippen LogP contribution in [0.2, 0.25) is 0 Å². The first kappa shape index (κ1) is 40.8. The average Bonchev–Trinajstić information content (AvgIpc) is 2.86. The van der Waals surface area contributed by atoms with E-state index in [-0.39, 0.29) is 5.92 Å². The topological polar surface area (TPSA) is 172 Å². The highest BCUT2D eigenvalue weighted by Gasteiger charge is 2.46. The molecule has 1 rings (SSSR count). The summed E-state index contributed by atoms with van der Waals surface area (Å²) in [5.74, 6) is -4.02. The molecule has 0 aliphatic heterocycles. The second-order valence-electron chi connectivity index (χ2n) is 15.1. The number of rotatable bonds is 12. The molecule has 1 atom stereocenters. The number of benzene rings is 1. The van der Waals surface area contributed by atoms with Crippen molar-refractivity contribution in [1.82, 2.24) is 26.6 Å². The van der Waals surface area contributed by atoms with Gasteiger partial charge in [0.2, 0.25) is 23.6 Å². The van der Waals surface area contributed by atoms with Gasteiger partial charge in [-0.15, -0.1) is 0 Å². The molecular formula is C33H52IN5O7. The summed E-state index contributed by atoms with van der Waals surface area (Å²) in [7, 11) is 0. The number of hydrogen-bond donors (Lipinski definition) is 5. The van der Waals surface area contributed by atoms with Crippen LogP contribution in [0.15, 0.2) is 24.3 Å². The van der Waals surface area contributed by atoms with Gasteiger partial charge in [0.05, 0.1) is 0 Å². The minimum absolute atomic E-state index is 0.341. The molecule has 46 heavy (non-hydrogen) atoms. The molecule has 0 unspecified atom stereocenters. The van der Waals surface area contributed by atoms with Gasteiger partial charge in [0.15, 0.2) is 0 Å². The van der Waals surface area contributed by atoms with Crippen LogP contribution in [-0.4, -0.2) is 68.8 Å². The van der Waals surface area contributed by atoms with Gasteiger partial charge in [-0.25, -0.2) is 4.79 Å². The smallest absolute Gasteiger partial charge is 0.332 e. The lowest BCUT2D eigenvalue weighted by Gasteiger charge is -2.39. The van der Waals surface area contributed by atoms with Crippen molar-refractivity contribution in [3.05, 3.63) is 33.4 Å². The van der Waals surface area contributed by atoms with Gasteiger partial charge in [0, 0.05) is 9.13 Å². The molecule has 5 amide bonds. The summed E-state index contributed by atoms with van der Waals surface area (Å²) in [6.07, 6.45) is 0. The fourth-order valence-electron chi connectivity index (χ4n) is 3.71. The van der Waals surface area contributed by atoms with Crippen LogP contribution in [0.25, 0.3) is 0 Å². The largest absolute Gasteiger partial charge is 0.458 e. The first-order chi connectivity index (χ1) is 20.5. The Kier molecular flexibility index (Phi) is 12.6. The molecular weight excluding hydrogens is 705 g/mol. The Balaban J connectivity index is 2.99. The van der Waals surface area contributed by atoms with Gasteiger partial charge in [-0.05, 0) is 136 Å². The quantitative estimate of drug-likeness (QED) is 0.161. The van der Waals surface area contributed by atoms with Crippen LogP contribution >= 0.6 is 22.6 Å². The van der Waals surface area contributed by atoms with Gasteiger partial charge in [0.25, 0.3) is 5.91 Å². The zero-order valence-corrected chi connectivity index (χ0v) is 31.8. The molecule has 0 fully saturated rings. The summed E-state index contributed by atoms with van der Waals surface area (Å²) < 4.78 is 6.49. The van der Waals surface area contributed by atoms with E-state index in [1.807, 2.05) is 0 Å². The SMILES string of the molecule is CC(C)[C@](C)(NC(=O)C(C)(C)NC(=O)C(C)(C)NC(=O)C(C)(C)NC(=O)C(C)(C)NC(=O)c1ccc(I)cc1)C(=O)OC(C)(C)C. The number of carbonyl (C=O) groups is 6. The second kappa shape index (κ2) is 14.3. The number of ether oxygens (including phenoxy) is 1. The van der Waals surface area contributed by atoms with Gasteiger partial charge in [-0.2, -0.15) is 0 Å². The highest BCUT2D eigenvalue weighted by molar-refractivity contribution is 14.1. The molecule has 0 radical (unpaired) electrons. The molecule has 0 aromatic heterocycles. The van der Waals surface area contributed by atoms with Crippen molar-refractivity contribution in [3.63, 3.8) is 0 Å². The van der Waals surface area contributed by atoms with Gasteiger partial charge in [-0.1, -0.05) is 13.8 Å². The third-order valence-electron chi connectivity index (χ3n) is 7.43. The third kappa shape index (κ3) is 10.9. The van der Waals surface area contributed by atoms with Crippen LogP contribution < -0.4 is 26.6 Å². The Bertz CT molecular complexity index is 1340. The number of hydrogen-bond acceptors (Lipinski definition) is 7. The minimum atomic E-state index is -1.53. The average molecular weight is 758 g/mol. The van der Waals surface area contributed by atoms with E-state index in [9.17, 15) is 28.8 Å². The van der Waals surface area contributed by atoms with Gasteiger partial charge >= 0.3 is 5.97 Å². The van der Waals surface area contributed by atoms with Crippen LogP contribution in [0.1, 0.15) is 107 Å². The molecule has 0 saturated heterocycles. The lowest BCUT2D eigenvalue weighted by Crippen LogP contribution is -2.69. The maximum atomic E-state index is 13.4. The highest BCUT2D eigenvalue weighted by atomic mass is 127.